The molecule has 2 aromatic carbocycles. The zero-order valence-electron chi connectivity index (χ0n) is 20.2. The van der Waals surface area contributed by atoms with E-state index in [1.54, 1.807) is 34.9 Å². The quantitative estimate of drug-likeness (QED) is 0.248. The molecule has 0 spiro atoms. The molecule has 0 saturated heterocycles. The molecule has 0 fully saturated rings. The van der Waals surface area contributed by atoms with Gasteiger partial charge in [0.05, 0.1) is 26.7 Å². The van der Waals surface area contributed by atoms with E-state index in [9.17, 15) is 9.18 Å². The van der Waals surface area contributed by atoms with Crippen LogP contribution in [0.15, 0.2) is 73.2 Å². The number of benzene rings is 2. The first kappa shape index (κ1) is 25.3. The van der Waals surface area contributed by atoms with Crippen molar-refractivity contribution in [2.24, 2.45) is 7.05 Å². The van der Waals surface area contributed by atoms with Crippen LogP contribution in [0, 0.1) is 17.7 Å². The fourth-order valence-corrected chi connectivity index (χ4v) is 4.83. The van der Waals surface area contributed by atoms with Crippen molar-refractivity contribution in [3.63, 3.8) is 0 Å². The van der Waals surface area contributed by atoms with Crippen LogP contribution in [0.25, 0.3) is 10.2 Å². The number of thiophene rings is 1. The molecule has 38 heavy (non-hydrogen) atoms. The van der Waals surface area contributed by atoms with E-state index in [1.165, 1.54) is 29.8 Å². The van der Waals surface area contributed by atoms with Crippen molar-refractivity contribution in [2.75, 3.05) is 11.9 Å². The van der Waals surface area contributed by atoms with Crippen molar-refractivity contribution in [2.45, 2.75) is 6.61 Å². The maximum absolute atomic E-state index is 13.4. The van der Waals surface area contributed by atoms with Crippen molar-refractivity contribution in [3.8, 4) is 17.6 Å². The maximum Gasteiger partial charge on any atom is 0.268 e. The molecular weight excluding hydrogens is 525 g/mol. The molecule has 3 heterocycles. The van der Waals surface area contributed by atoms with E-state index >= 15 is 0 Å². The number of halogens is 2. The number of rotatable bonds is 7. The van der Waals surface area contributed by atoms with Crippen LogP contribution < -0.4 is 15.4 Å². The number of aryl methyl sites for hydroxylation is 1. The minimum atomic E-state index is -0.314. The molecule has 5 rings (SSSR count). The van der Waals surface area contributed by atoms with E-state index in [0.717, 1.165) is 20.8 Å². The lowest BCUT2D eigenvalue weighted by atomic mass is 10.2. The van der Waals surface area contributed by atoms with E-state index in [0.29, 0.717) is 27.8 Å². The lowest BCUT2D eigenvalue weighted by Crippen LogP contribution is -2.25. The third-order valence-electron chi connectivity index (χ3n) is 5.51. The number of ether oxygens (including phenoxy) is 1. The lowest BCUT2D eigenvalue weighted by molar-refractivity contribution is 0.0950. The summed E-state index contributed by atoms with van der Waals surface area (Å²) in [6, 6.07) is 17.0. The van der Waals surface area contributed by atoms with Gasteiger partial charge in [-0.15, -0.1) is 11.3 Å². The van der Waals surface area contributed by atoms with Gasteiger partial charge in [0.2, 0.25) is 0 Å². The summed E-state index contributed by atoms with van der Waals surface area (Å²) in [6.45, 7) is 0.423. The summed E-state index contributed by atoms with van der Waals surface area (Å²) >= 11 is 7.88. The van der Waals surface area contributed by atoms with Crippen LogP contribution in [0.4, 0.5) is 15.9 Å². The number of fused-ring (bicyclic) bond motifs is 1. The summed E-state index contributed by atoms with van der Waals surface area (Å²) in [6.07, 6.45) is 3.29. The van der Waals surface area contributed by atoms with Crippen LogP contribution in [0.5, 0.6) is 5.75 Å². The Balaban J connectivity index is 1.24. The normalized spacial score (nSPS) is 10.6. The molecular formula is C28H21ClFN5O2S. The third kappa shape index (κ3) is 5.94. The first-order valence-corrected chi connectivity index (χ1v) is 12.7. The highest BCUT2D eigenvalue weighted by Crippen LogP contribution is 2.33. The number of anilines is 2. The van der Waals surface area contributed by atoms with E-state index < -0.39 is 0 Å². The number of carbonyl (C=O) groups is 1. The summed E-state index contributed by atoms with van der Waals surface area (Å²) in [5.41, 5.74) is 2.76. The Labute approximate surface area is 227 Å². The van der Waals surface area contributed by atoms with Gasteiger partial charge in [0.1, 0.15) is 30.2 Å². The number of aromatic nitrogens is 3. The van der Waals surface area contributed by atoms with Gasteiger partial charge in [0.15, 0.2) is 5.82 Å². The van der Waals surface area contributed by atoms with Gasteiger partial charge in [-0.3, -0.25) is 4.79 Å². The average Bonchev–Trinajstić information content (AvgIpc) is 3.52. The molecule has 190 valence electrons. The Morgan fingerprint density at radius 1 is 1.16 bits per heavy atom. The molecule has 0 aliphatic heterocycles. The predicted octanol–water partition coefficient (Wildman–Crippen LogP) is 5.93. The molecule has 0 aliphatic carbocycles. The molecule has 0 saturated carbocycles. The molecule has 3 aromatic heterocycles. The van der Waals surface area contributed by atoms with Crippen molar-refractivity contribution in [1.29, 1.82) is 0 Å². The van der Waals surface area contributed by atoms with Crippen molar-refractivity contribution in [1.82, 2.24) is 19.9 Å². The minimum absolute atomic E-state index is 0.176. The van der Waals surface area contributed by atoms with E-state index in [1.807, 2.05) is 31.4 Å². The van der Waals surface area contributed by atoms with Crippen LogP contribution >= 0.6 is 22.9 Å². The molecule has 7 nitrogen and oxygen atoms in total. The molecule has 5 aromatic rings. The molecule has 2 N–H and O–H groups in total. The zero-order valence-corrected chi connectivity index (χ0v) is 21.7. The first-order valence-electron chi connectivity index (χ1n) is 11.5. The summed E-state index contributed by atoms with van der Waals surface area (Å²) < 4.78 is 21.7. The van der Waals surface area contributed by atoms with Gasteiger partial charge in [-0.1, -0.05) is 35.6 Å². The number of hydrogen-bond donors (Lipinski definition) is 2. The smallest absolute Gasteiger partial charge is 0.268 e. The van der Waals surface area contributed by atoms with Gasteiger partial charge in [-0.25, -0.2) is 14.4 Å². The summed E-state index contributed by atoms with van der Waals surface area (Å²) in [7, 11) is 1.82. The van der Waals surface area contributed by atoms with E-state index in [-0.39, 0.29) is 24.9 Å². The summed E-state index contributed by atoms with van der Waals surface area (Å²) in [5.74, 6) is 6.68. The Morgan fingerprint density at radius 2 is 2.05 bits per heavy atom. The van der Waals surface area contributed by atoms with E-state index in [2.05, 4.69) is 32.4 Å². The standard InChI is InChI=1S/C28H21ClFN5O2S/c1-35-12-4-8-24(35)28(36)31-11-3-7-21-15-23-26(38-21)27(33-17-32-23)34-20-9-10-25(22(29)14-20)37-16-18-5-2-6-19(30)13-18/h2,4-6,8-10,12-15,17H,11,16H2,1H3,(H,31,36)(H,32,33,34). The third-order valence-corrected chi connectivity index (χ3v) is 6.86. The Morgan fingerprint density at radius 3 is 2.84 bits per heavy atom. The van der Waals surface area contributed by atoms with Crippen LogP contribution in [0.3, 0.4) is 0 Å². The summed E-state index contributed by atoms with van der Waals surface area (Å²) in [5, 5.41) is 6.48. The highest BCUT2D eigenvalue weighted by Gasteiger charge is 2.11. The van der Waals surface area contributed by atoms with Crippen LogP contribution in [0.2, 0.25) is 5.02 Å². The fraction of sp³-hybridized carbons (Fsp3) is 0.107. The number of nitrogens with one attached hydrogen (secondary N) is 2. The monoisotopic (exact) mass is 545 g/mol. The molecule has 0 aliphatic rings. The minimum Gasteiger partial charge on any atom is -0.487 e. The first-order chi connectivity index (χ1) is 18.5. The fourth-order valence-electron chi connectivity index (χ4n) is 3.67. The predicted molar refractivity (Wildman–Crippen MR) is 148 cm³/mol. The Bertz CT molecular complexity index is 1690. The number of nitrogens with zero attached hydrogens (tertiary/aromatic N) is 3. The molecule has 1 amide bonds. The van der Waals surface area contributed by atoms with Gasteiger partial charge in [0, 0.05) is 18.9 Å². The second-order valence-electron chi connectivity index (χ2n) is 8.22. The van der Waals surface area contributed by atoms with Gasteiger partial charge in [-0.2, -0.15) is 0 Å². The van der Waals surface area contributed by atoms with Crippen molar-refractivity contribution < 1.29 is 13.9 Å². The molecule has 0 radical (unpaired) electrons. The Hall–Kier alpha value is -4.39. The second-order valence-corrected chi connectivity index (χ2v) is 9.68. The highest BCUT2D eigenvalue weighted by atomic mass is 35.5. The number of hydrogen-bond acceptors (Lipinski definition) is 6. The van der Waals surface area contributed by atoms with Gasteiger partial charge in [0.25, 0.3) is 5.91 Å². The van der Waals surface area contributed by atoms with Gasteiger partial charge >= 0.3 is 0 Å². The largest absolute Gasteiger partial charge is 0.487 e. The SMILES string of the molecule is Cn1cccc1C(=O)NCC#Cc1cc2ncnc(Nc3ccc(OCc4cccc(F)c4)c(Cl)c3)c2s1. The summed E-state index contributed by atoms with van der Waals surface area (Å²) in [4.78, 5) is 21.7. The maximum atomic E-state index is 13.4. The van der Waals surface area contributed by atoms with Crippen LogP contribution in [-0.2, 0) is 13.7 Å². The second kappa shape index (κ2) is 11.3. The van der Waals surface area contributed by atoms with Gasteiger partial charge < -0.3 is 19.9 Å². The zero-order chi connectivity index (χ0) is 26.5. The number of amides is 1. The number of carbonyl (C=O) groups excluding carboxylic acids is 1. The topological polar surface area (TPSA) is 81.1 Å². The molecule has 0 bridgehead atoms. The lowest BCUT2D eigenvalue weighted by Gasteiger charge is -2.11. The molecule has 10 heteroatoms. The van der Waals surface area contributed by atoms with Crippen molar-refractivity contribution in [3.05, 3.63) is 100 Å². The highest BCUT2D eigenvalue weighted by molar-refractivity contribution is 7.20. The van der Waals surface area contributed by atoms with Crippen molar-refractivity contribution >= 4 is 50.6 Å². The van der Waals surface area contributed by atoms with Gasteiger partial charge in [-0.05, 0) is 54.1 Å². The van der Waals surface area contributed by atoms with Crippen LogP contribution in [0.1, 0.15) is 20.9 Å². The van der Waals surface area contributed by atoms with Crippen LogP contribution in [-0.4, -0.2) is 27.0 Å². The average molecular weight is 546 g/mol. The molecule has 0 atom stereocenters. The molecule has 0 unspecified atom stereocenters. The Kier molecular flexibility index (Phi) is 7.54. The van der Waals surface area contributed by atoms with E-state index in [4.69, 9.17) is 16.3 Å².